The Morgan fingerprint density at radius 1 is 1.37 bits per heavy atom. The number of carbonyl (C=O) groups excluding carboxylic acids is 1. The molecule has 0 radical (unpaired) electrons. The fraction of sp³-hybridized carbons (Fsp3) is 0.500. The molecular formula is C14H16BrClN2O. The van der Waals surface area contributed by atoms with E-state index in [1.54, 1.807) is 18.2 Å². The molecule has 0 saturated carbocycles. The average Bonchev–Trinajstić information content (AvgIpc) is 2.97. The van der Waals surface area contributed by atoms with Crippen molar-refractivity contribution in [1.82, 2.24) is 10.2 Å². The Balaban J connectivity index is 1.69. The highest BCUT2D eigenvalue weighted by Gasteiger charge is 2.37. The van der Waals surface area contributed by atoms with Gasteiger partial charge in [-0.15, -0.1) is 0 Å². The number of halogens is 2. The minimum Gasteiger partial charge on any atom is -0.348 e. The van der Waals surface area contributed by atoms with Gasteiger partial charge in [0.2, 0.25) is 0 Å². The van der Waals surface area contributed by atoms with Crippen LogP contribution in [0.5, 0.6) is 0 Å². The zero-order valence-electron chi connectivity index (χ0n) is 10.5. The lowest BCUT2D eigenvalue weighted by Gasteiger charge is -2.21. The highest BCUT2D eigenvalue weighted by Crippen LogP contribution is 2.28. The third-order valence-electron chi connectivity index (χ3n) is 4.10. The van der Waals surface area contributed by atoms with Crippen LogP contribution in [0, 0.1) is 0 Å². The summed E-state index contributed by atoms with van der Waals surface area (Å²) in [6.45, 7) is 2.30. The number of benzene rings is 1. The van der Waals surface area contributed by atoms with Crippen molar-refractivity contribution in [1.29, 1.82) is 0 Å². The molecule has 0 bridgehead atoms. The quantitative estimate of drug-likeness (QED) is 0.895. The van der Waals surface area contributed by atoms with Crippen LogP contribution in [0.1, 0.15) is 29.6 Å². The molecule has 2 heterocycles. The summed E-state index contributed by atoms with van der Waals surface area (Å²) >= 11 is 9.30. The van der Waals surface area contributed by atoms with Crippen LogP contribution in [0.15, 0.2) is 22.7 Å². The van der Waals surface area contributed by atoms with Gasteiger partial charge in [-0.1, -0.05) is 11.6 Å². The molecule has 2 saturated heterocycles. The molecule has 1 amide bonds. The Bertz CT molecular complexity index is 508. The maximum atomic E-state index is 12.3. The smallest absolute Gasteiger partial charge is 0.251 e. The van der Waals surface area contributed by atoms with Gasteiger partial charge in [0.25, 0.3) is 5.91 Å². The van der Waals surface area contributed by atoms with E-state index >= 15 is 0 Å². The Labute approximate surface area is 126 Å². The molecule has 0 spiro atoms. The second kappa shape index (κ2) is 5.43. The summed E-state index contributed by atoms with van der Waals surface area (Å²) in [6, 6.07) is 6.13. The van der Waals surface area contributed by atoms with Crippen molar-refractivity contribution in [2.75, 3.05) is 13.1 Å². The van der Waals surface area contributed by atoms with Crippen LogP contribution < -0.4 is 5.32 Å². The maximum Gasteiger partial charge on any atom is 0.251 e. The van der Waals surface area contributed by atoms with E-state index in [0.29, 0.717) is 22.7 Å². The van der Waals surface area contributed by atoms with Gasteiger partial charge < -0.3 is 5.32 Å². The van der Waals surface area contributed by atoms with Crippen LogP contribution in [-0.2, 0) is 0 Å². The Hall–Kier alpha value is -0.580. The fourth-order valence-corrected chi connectivity index (χ4v) is 3.64. The zero-order valence-corrected chi connectivity index (χ0v) is 12.9. The van der Waals surface area contributed by atoms with Gasteiger partial charge in [-0.25, -0.2) is 0 Å². The summed E-state index contributed by atoms with van der Waals surface area (Å²) in [5.41, 5.74) is 0.660. The first kappa shape index (κ1) is 13.4. The molecule has 3 nitrogen and oxygen atoms in total. The van der Waals surface area contributed by atoms with Gasteiger partial charge in [0.05, 0.1) is 5.02 Å². The Morgan fingerprint density at radius 3 is 3.00 bits per heavy atom. The number of fused-ring (bicyclic) bond motifs is 1. The van der Waals surface area contributed by atoms with Crippen molar-refractivity contribution in [3.63, 3.8) is 0 Å². The molecule has 0 aromatic heterocycles. The third kappa shape index (κ3) is 2.67. The van der Waals surface area contributed by atoms with Gasteiger partial charge >= 0.3 is 0 Å². The predicted octanol–water partition coefficient (Wildman–Crippen LogP) is 3.07. The van der Waals surface area contributed by atoms with Crippen LogP contribution in [-0.4, -0.2) is 36.0 Å². The molecule has 5 heteroatoms. The minimum absolute atomic E-state index is 0.00360. The van der Waals surface area contributed by atoms with Gasteiger partial charge in [0, 0.05) is 28.7 Å². The summed E-state index contributed by atoms with van der Waals surface area (Å²) in [6.07, 6.45) is 3.52. The van der Waals surface area contributed by atoms with E-state index in [4.69, 9.17) is 11.6 Å². The first-order valence-corrected chi connectivity index (χ1v) is 7.82. The highest BCUT2D eigenvalue weighted by molar-refractivity contribution is 9.10. The number of rotatable bonds is 2. The first-order chi connectivity index (χ1) is 9.15. The van der Waals surface area contributed by atoms with Gasteiger partial charge in [0.1, 0.15) is 0 Å². The largest absolute Gasteiger partial charge is 0.348 e. The molecule has 19 heavy (non-hydrogen) atoms. The highest BCUT2D eigenvalue weighted by atomic mass is 79.9. The number of amides is 1. The molecule has 3 rings (SSSR count). The van der Waals surface area contributed by atoms with E-state index < -0.39 is 0 Å². The maximum absolute atomic E-state index is 12.3. The van der Waals surface area contributed by atoms with Crippen LogP contribution in [0.2, 0.25) is 5.02 Å². The lowest BCUT2D eigenvalue weighted by molar-refractivity contribution is 0.0929. The van der Waals surface area contributed by atoms with Crippen molar-refractivity contribution < 1.29 is 4.79 Å². The van der Waals surface area contributed by atoms with E-state index in [9.17, 15) is 4.79 Å². The summed E-state index contributed by atoms with van der Waals surface area (Å²) in [4.78, 5) is 14.7. The van der Waals surface area contributed by atoms with Crippen molar-refractivity contribution in [3.8, 4) is 0 Å². The van der Waals surface area contributed by atoms with E-state index in [2.05, 4.69) is 26.1 Å². The first-order valence-electron chi connectivity index (χ1n) is 6.65. The molecule has 102 valence electrons. The molecule has 2 aliphatic heterocycles. The Morgan fingerprint density at radius 2 is 2.21 bits per heavy atom. The van der Waals surface area contributed by atoms with Crippen LogP contribution >= 0.6 is 27.5 Å². The van der Waals surface area contributed by atoms with Gasteiger partial charge in [-0.3, -0.25) is 9.69 Å². The van der Waals surface area contributed by atoms with Crippen molar-refractivity contribution in [3.05, 3.63) is 33.3 Å². The topological polar surface area (TPSA) is 32.3 Å². The number of carbonyl (C=O) groups is 1. The second-order valence-corrected chi connectivity index (χ2v) is 6.50. The lowest BCUT2D eigenvalue weighted by atomic mass is 10.1. The molecule has 2 unspecified atom stereocenters. The van der Waals surface area contributed by atoms with E-state index in [-0.39, 0.29) is 5.91 Å². The minimum atomic E-state index is -0.00360. The number of hydrogen-bond acceptors (Lipinski definition) is 2. The fourth-order valence-electron chi connectivity index (χ4n) is 3.14. The van der Waals surface area contributed by atoms with Crippen molar-refractivity contribution in [2.24, 2.45) is 0 Å². The number of nitrogens with one attached hydrogen (secondary N) is 1. The van der Waals surface area contributed by atoms with Crippen LogP contribution in [0.25, 0.3) is 0 Å². The summed E-state index contributed by atoms with van der Waals surface area (Å²) in [5.74, 6) is -0.00360. The lowest BCUT2D eigenvalue weighted by Crippen LogP contribution is -2.42. The average molecular weight is 344 g/mol. The SMILES string of the molecule is O=C(NC1CCN2CCCC12)c1ccc(Cl)c(Br)c1. The number of hydrogen-bond donors (Lipinski definition) is 1. The normalized spacial score (nSPS) is 26.4. The molecule has 1 N–H and O–H groups in total. The zero-order chi connectivity index (χ0) is 13.4. The molecule has 0 aliphatic carbocycles. The third-order valence-corrected chi connectivity index (χ3v) is 5.32. The summed E-state index contributed by atoms with van der Waals surface area (Å²) in [7, 11) is 0. The molecular weight excluding hydrogens is 328 g/mol. The molecule has 2 atom stereocenters. The van der Waals surface area contributed by atoms with Crippen LogP contribution in [0.3, 0.4) is 0 Å². The number of nitrogens with zero attached hydrogens (tertiary/aromatic N) is 1. The van der Waals surface area contributed by atoms with E-state index in [1.807, 2.05) is 0 Å². The summed E-state index contributed by atoms with van der Waals surface area (Å²) in [5, 5.41) is 3.79. The van der Waals surface area contributed by atoms with Gasteiger partial charge in [-0.2, -0.15) is 0 Å². The predicted molar refractivity (Wildman–Crippen MR) is 79.6 cm³/mol. The van der Waals surface area contributed by atoms with Crippen LogP contribution in [0.4, 0.5) is 0 Å². The molecule has 2 aliphatic rings. The van der Waals surface area contributed by atoms with Crippen molar-refractivity contribution in [2.45, 2.75) is 31.3 Å². The van der Waals surface area contributed by atoms with Crippen molar-refractivity contribution >= 4 is 33.4 Å². The van der Waals surface area contributed by atoms with E-state index in [0.717, 1.165) is 17.4 Å². The Kier molecular flexibility index (Phi) is 3.83. The monoisotopic (exact) mass is 342 g/mol. The standard InChI is InChI=1S/C14H16BrClN2O/c15-10-8-9(3-4-11(10)16)14(19)17-12-5-7-18-6-1-2-13(12)18/h3-4,8,12-13H,1-2,5-7H2,(H,17,19). The molecule has 1 aromatic carbocycles. The molecule has 2 fully saturated rings. The van der Waals surface area contributed by atoms with E-state index in [1.165, 1.54) is 19.4 Å². The molecule has 1 aromatic rings. The summed E-state index contributed by atoms with van der Waals surface area (Å²) < 4.78 is 0.760. The van der Waals surface area contributed by atoms with Gasteiger partial charge in [-0.05, 0) is 59.9 Å². The second-order valence-electron chi connectivity index (χ2n) is 5.24. The van der Waals surface area contributed by atoms with Gasteiger partial charge in [0.15, 0.2) is 0 Å².